The summed E-state index contributed by atoms with van der Waals surface area (Å²) in [5, 5.41) is 10.3. The van der Waals surface area contributed by atoms with Gasteiger partial charge in [0.1, 0.15) is 6.54 Å². The van der Waals surface area contributed by atoms with Crippen molar-refractivity contribution < 1.29 is 19.3 Å². The molecule has 9 heteroatoms. The molecule has 0 aromatic heterocycles. The normalized spacial score (nSPS) is 19.1. The van der Waals surface area contributed by atoms with E-state index >= 15 is 0 Å². The molecule has 0 atom stereocenters. The van der Waals surface area contributed by atoms with Crippen LogP contribution in [0.25, 0.3) is 6.08 Å². The number of thioether (sulfide) groups is 1. The van der Waals surface area contributed by atoms with E-state index < -0.39 is 16.1 Å². The second kappa shape index (κ2) is 7.06. The second-order valence-corrected chi connectivity index (χ2v) is 6.70. The zero-order chi connectivity index (χ0) is 18.0. The number of rotatable bonds is 4. The summed E-state index contributed by atoms with van der Waals surface area (Å²) in [7, 11) is 0. The average Bonchev–Trinajstić information content (AvgIpc) is 3.20. The van der Waals surface area contributed by atoms with E-state index in [-0.39, 0.29) is 23.0 Å². The molecule has 2 aliphatic heterocycles. The van der Waals surface area contributed by atoms with E-state index in [1.54, 1.807) is 11.0 Å². The molecular formula is C16H15N3O5S. The van der Waals surface area contributed by atoms with Gasteiger partial charge < -0.3 is 4.90 Å². The van der Waals surface area contributed by atoms with Crippen molar-refractivity contribution in [3.05, 3.63) is 44.8 Å². The largest absolute Gasteiger partial charge is 0.341 e. The standard InChI is InChI=1S/C16H15N3O5S/c20-14(17-6-1-2-7-17)10-18-15(21)13(25-16(18)22)9-11-4-3-5-12(8-11)19(23)24/h3-5,8-9H,1-2,6-7,10H2/b13-9+. The Labute approximate surface area is 147 Å². The quantitative estimate of drug-likeness (QED) is 0.463. The maximum Gasteiger partial charge on any atom is 0.294 e. The fourth-order valence-corrected chi connectivity index (χ4v) is 3.56. The molecule has 1 aromatic rings. The SMILES string of the molecule is O=C(CN1C(=O)S/C(=C/c2cccc([N+](=O)[O-])c2)C1=O)N1CCCC1. The molecule has 0 N–H and O–H groups in total. The van der Waals surface area contributed by atoms with Crippen molar-refractivity contribution in [2.75, 3.05) is 19.6 Å². The summed E-state index contributed by atoms with van der Waals surface area (Å²) >= 11 is 0.733. The summed E-state index contributed by atoms with van der Waals surface area (Å²) in [6.45, 7) is 1.04. The molecule has 25 heavy (non-hydrogen) atoms. The summed E-state index contributed by atoms with van der Waals surface area (Å²) in [4.78, 5) is 49.6. The van der Waals surface area contributed by atoms with Gasteiger partial charge >= 0.3 is 0 Å². The molecule has 2 fully saturated rings. The van der Waals surface area contributed by atoms with E-state index in [0.29, 0.717) is 18.7 Å². The highest BCUT2D eigenvalue weighted by Crippen LogP contribution is 2.32. The van der Waals surface area contributed by atoms with Gasteiger partial charge in [-0.1, -0.05) is 12.1 Å². The van der Waals surface area contributed by atoms with E-state index in [4.69, 9.17) is 0 Å². The molecule has 0 unspecified atom stereocenters. The summed E-state index contributed by atoms with van der Waals surface area (Å²) in [5.41, 5.74) is 0.350. The lowest BCUT2D eigenvalue weighted by Crippen LogP contribution is -2.40. The van der Waals surface area contributed by atoms with Crippen molar-refractivity contribution >= 4 is 40.6 Å². The molecule has 0 bridgehead atoms. The Morgan fingerprint density at radius 3 is 2.68 bits per heavy atom. The van der Waals surface area contributed by atoms with Crippen LogP contribution in [0.2, 0.25) is 0 Å². The van der Waals surface area contributed by atoms with Crippen molar-refractivity contribution in [1.29, 1.82) is 0 Å². The topological polar surface area (TPSA) is 101 Å². The van der Waals surface area contributed by atoms with Crippen molar-refractivity contribution in [2.45, 2.75) is 12.8 Å². The van der Waals surface area contributed by atoms with Crippen molar-refractivity contribution in [3.8, 4) is 0 Å². The van der Waals surface area contributed by atoms with Crippen LogP contribution in [0.3, 0.4) is 0 Å². The van der Waals surface area contributed by atoms with Crippen LogP contribution in [-0.4, -0.2) is 51.4 Å². The van der Waals surface area contributed by atoms with Gasteiger partial charge in [0.25, 0.3) is 16.8 Å². The third-order valence-electron chi connectivity index (χ3n) is 4.00. The number of amides is 3. The molecule has 2 heterocycles. The molecule has 2 saturated heterocycles. The fraction of sp³-hybridized carbons (Fsp3) is 0.312. The van der Waals surface area contributed by atoms with Crippen molar-refractivity contribution in [2.24, 2.45) is 0 Å². The Morgan fingerprint density at radius 2 is 2.00 bits per heavy atom. The first-order valence-corrected chi connectivity index (χ1v) is 8.55. The van der Waals surface area contributed by atoms with Crippen LogP contribution in [-0.2, 0) is 9.59 Å². The molecule has 0 aliphatic carbocycles. The molecule has 0 saturated carbocycles. The molecule has 3 rings (SSSR count). The predicted octanol–water partition coefficient (Wildman–Crippen LogP) is 2.25. The average molecular weight is 361 g/mol. The van der Waals surface area contributed by atoms with Crippen LogP contribution in [0.1, 0.15) is 18.4 Å². The van der Waals surface area contributed by atoms with Gasteiger partial charge in [-0.3, -0.25) is 29.4 Å². The maximum atomic E-state index is 12.4. The summed E-state index contributed by atoms with van der Waals surface area (Å²) in [6.07, 6.45) is 3.29. The van der Waals surface area contributed by atoms with Crippen LogP contribution >= 0.6 is 11.8 Å². The minimum Gasteiger partial charge on any atom is -0.341 e. The third-order valence-corrected chi connectivity index (χ3v) is 4.91. The van der Waals surface area contributed by atoms with Crippen LogP contribution in [0.4, 0.5) is 10.5 Å². The number of hydrogen-bond acceptors (Lipinski definition) is 6. The molecule has 0 spiro atoms. The Kier molecular flexibility index (Phi) is 4.84. The lowest BCUT2D eigenvalue weighted by molar-refractivity contribution is -0.384. The van der Waals surface area contributed by atoms with Crippen LogP contribution < -0.4 is 0 Å². The van der Waals surface area contributed by atoms with Gasteiger partial charge in [0.2, 0.25) is 5.91 Å². The number of non-ortho nitro benzene ring substituents is 1. The number of nitro groups is 1. The smallest absolute Gasteiger partial charge is 0.294 e. The Balaban J connectivity index is 1.75. The fourth-order valence-electron chi connectivity index (χ4n) is 2.72. The molecule has 3 amide bonds. The van der Waals surface area contributed by atoms with Gasteiger partial charge in [-0.05, 0) is 36.2 Å². The van der Waals surface area contributed by atoms with Gasteiger partial charge in [0.15, 0.2) is 0 Å². The first-order valence-electron chi connectivity index (χ1n) is 7.73. The van der Waals surface area contributed by atoms with E-state index in [0.717, 1.165) is 29.5 Å². The number of nitrogens with zero attached hydrogens (tertiary/aromatic N) is 3. The second-order valence-electron chi connectivity index (χ2n) is 5.71. The van der Waals surface area contributed by atoms with E-state index in [1.807, 2.05) is 0 Å². The highest BCUT2D eigenvalue weighted by Gasteiger charge is 2.37. The Hall–Kier alpha value is -2.68. The molecule has 1 aromatic carbocycles. The van der Waals surface area contributed by atoms with Gasteiger partial charge in [-0.2, -0.15) is 0 Å². The molecule has 8 nitrogen and oxygen atoms in total. The highest BCUT2D eigenvalue weighted by atomic mass is 32.2. The number of nitro benzene ring substituents is 1. The van der Waals surface area contributed by atoms with Crippen LogP contribution in [0.15, 0.2) is 29.2 Å². The highest BCUT2D eigenvalue weighted by molar-refractivity contribution is 8.18. The minimum absolute atomic E-state index is 0.0998. The number of carbonyl (C=O) groups excluding carboxylic acids is 3. The first kappa shape index (κ1) is 17.2. The number of likely N-dealkylation sites (tertiary alicyclic amines) is 1. The zero-order valence-corrected chi connectivity index (χ0v) is 14.0. The number of carbonyl (C=O) groups is 3. The van der Waals surface area contributed by atoms with E-state index in [1.165, 1.54) is 24.3 Å². The number of hydrogen-bond donors (Lipinski definition) is 0. The lowest BCUT2D eigenvalue weighted by Gasteiger charge is -2.18. The summed E-state index contributed by atoms with van der Waals surface area (Å²) in [6, 6.07) is 5.78. The van der Waals surface area contributed by atoms with E-state index in [9.17, 15) is 24.5 Å². The van der Waals surface area contributed by atoms with Crippen molar-refractivity contribution in [1.82, 2.24) is 9.80 Å². The monoisotopic (exact) mass is 361 g/mol. The molecule has 130 valence electrons. The minimum atomic E-state index is -0.547. The zero-order valence-electron chi connectivity index (χ0n) is 13.2. The van der Waals surface area contributed by atoms with Crippen LogP contribution in [0, 0.1) is 10.1 Å². The summed E-state index contributed by atoms with van der Waals surface area (Å²) < 4.78 is 0. The maximum absolute atomic E-state index is 12.4. The third kappa shape index (κ3) is 3.71. The molecular weight excluding hydrogens is 346 g/mol. The van der Waals surface area contributed by atoms with Crippen molar-refractivity contribution in [3.63, 3.8) is 0 Å². The number of imide groups is 1. The summed E-state index contributed by atoms with van der Waals surface area (Å²) in [5.74, 6) is -0.787. The van der Waals surface area contributed by atoms with Gasteiger partial charge in [0, 0.05) is 25.2 Å². The lowest BCUT2D eigenvalue weighted by atomic mass is 10.2. The van der Waals surface area contributed by atoms with E-state index in [2.05, 4.69) is 0 Å². The molecule has 0 radical (unpaired) electrons. The van der Waals surface area contributed by atoms with Gasteiger partial charge in [-0.25, -0.2) is 0 Å². The Morgan fingerprint density at radius 1 is 1.28 bits per heavy atom. The van der Waals surface area contributed by atoms with Crippen LogP contribution in [0.5, 0.6) is 0 Å². The molecule has 2 aliphatic rings. The Bertz CT molecular complexity index is 786. The first-order chi connectivity index (χ1) is 12.0. The number of benzene rings is 1. The van der Waals surface area contributed by atoms with Gasteiger partial charge in [-0.15, -0.1) is 0 Å². The van der Waals surface area contributed by atoms with Gasteiger partial charge in [0.05, 0.1) is 9.83 Å². The predicted molar refractivity (Wildman–Crippen MR) is 91.6 cm³/mol.